The predicted molar refractivity (Wildman–Crippen MR) is 93.7 cm³/mol. The molecule has 0 aromatic heterocycles. The molecule has 0 amide bonds. The van der Waals surface area contributed by atoms with Gasteiger partial charge in [0.1, 0.15) is 5.75 Å². The first-order valence-electron chi connectivity index (χ1n) is 7.76. The number of benzene rings is 2. The van der Waals surface area contributed by atoms with Crippen molar-refractivity contribution in [2.75, 3.05) is 13.4 Å². The molecule has 4 nitrogen and oxygen atoms in total. The molecule has 0 spiro atoms. The third kappa shape index (κ3) is 2.59. The summed E-state index contributed by atoms with van der Waals surface area (Å²) < 4.78 is 17.6. The Bertz CT molecular complexity index is 870. The van der Waals surface area contributed by atoms with Gasteiger partial charge in [0.25, 0.3) is 0 Å². The fourth-order valence-electron chi connectivity index (χ4n) is 3.07. The highest BCUT2D eigenvalue weighted by atomic mass is 79.9. The smallest absolute Gasteiger partial charge is 0.231 e. The number of carbonyl (C=O) groups is 1. The van der Waals surface area contributed by atoms with Gasteiger partial charge >= 0.3 is 0 Å². The van der Waals surface area contributed by atoms with Crippen LogP contribution in [0.5, 0.6) is 17.2 Å². The van der Waals surface area contributed by atoms with Crippen molar-refractivity contribution >= 4 is 27.3 Å². The first-order chi connectivity index (χ1) is 11.7. The molecule has 2 aromatic carbocycles. The van der Waals surface area contributed by atoms with Gasteiger partial charge in [-0.15, -0.1) is 0 Å². The maximum absolute atomic E-state index is 12.2. The molecule has 0 unspecified atom stereocenters. The summed E-state index contributed by atoms with van der Waals surface area (Å²) in [5.74, 6) is 2.23. The van der Waals surface area contributed by atoms with Crippen LogP contribution < -0.4 is 14.2 Å². The summed E-state index contributed by atoms with van der Waals surface area (Å²) >= 11 is 3.47. The van der Waals surface area contributed by atoms with Gasteiger partial charge in [0.2, 0.25) is 6.79 Å². The highest BCUT2D eigenvalue weighted by Gasteiger charge is 2.25. The van der Waals surface area contributed by atoms with Crippen LogP contribution in [0.1, 0.15) is 23.6 Å². The molecule has 122 valence electrons. The van der Waals surface area contributed by atoms with E-state index in [1.54, 1.807) is 6.08 Å². The van der Waals surface area contributed by atoms with Crippen molar-refractivity contribution in [2.24, 2.45) is 0 Å². The zero-order chi connectivity index (χ0) is 16.7. The maximum Gasteiger partial charge on any atom is 0.231 e. The summed E-state index contributed by atoms with van der Waals surface area (Å²) in [6, 6.07) is 9.69. The molecule has 4 rings (SSSR count). The Morgan fingerprint density at radius 3 is 2.71 bits per heavy atom. The van der Waals surface area contributed by atoms with Gasteiger partial charge < -0.3 is 14.2 Å². The quantitative estimate of drug-likeness (QED) is 0.795. The number of rotatable bonds is 3. The van der Waals surface area contributed by atoms with Crippen molar-refractivity contribution in [2.45, 2.75) is 13.3 Å². The first-order valence-corrected chi connectivity index (χ1v) is 8.55. The molecule has 1 heterocycles. The summed E-state index contributed by atoms with van der Waals surface area (Å²) in [6.45, 7) is 2.71. The number of allylic oxidation sites excluding steroid dienone is 1. The minimum atomic E-state index is 0.0710. The van der Waals surface area contributed by atoms with E-state index in [-0.39, 0.29) is 12.6 Å². The van der Waals surface area contributed by atoms with E-state index < -0.39 is 0 Å². The van der Waals surface area contributed by atoms with E-state index >= 15 is 0 Å². The monoisotopic (exact) mass is 386 g/mol. The van der Waals surface area contributed by atoms with Crippen molar-refractivity contribution in [3.63, 3.8) is 0 Å². The van der Waals surface area contributed by atoms with Crippen LogP contribution in [-0.2, 0) is 11.2 Å². The Morgan fingerprint density at radius 1 is 1.12 bits per heavy atom. The summed E-state index contributed by atoms with van der Waals surface area (Å²) in [5.41, 5.74) is 3.69. The Kier molecular flexibility index (Phi) is 3.81. The van der Waals surface area contributed by atoms with Crippen LogP contribution in [0.15, 0.2) is 40.9 Å². The molecule has 0 saturated heterocycles. The fraction of sp³-hybridized carbons (Fsp3) is 0.211. The van der Waals surface area contributed by atoms with Crippen LogP contribution in [0.2, 0.25) is 0 Å². The molecule has 0 bridgehead atoms. The van der Waals surface area contributed by atoms with Gasteiger partial charge in [0, 0.05) is 16.5 Å². The first kappa shape index (κ1) is 15.3. The number of hydrogen-bond donors (Lipinski definition) is 0. The van der Waals surface area contributed by atoms with Crippen LogP contribution in [0, 0.1) is 0 Å². The van der Waals surface area contributed by atoms with Crippen LogP contribution in [0.3, 0.4) is 0 Å². The van der Waals surface area contributed by atoms with E-state index in [4.69, 9.17) is 14.2 Å². The average molecular weight is 387 g/mol. The second kappa shape index (κ2) is 5.98. The summed E-state index contributed by atoms with van der Waals surface area (Å²) in [6.07, 6.45) is 2.06. The van der Waals surface area contributed by atoms with Gasteiger partial charge in [-0.2, -0.15) is 0 Å². The van der Waals surface area contributed by atoms with E-state index in [0.717, 1.165) is 32.5 Å². The van der Waals surface area contributed by atoms with Gasteiger partial charge in [0.15, 0.2) is 17.3 Å². The molecule has 2 aromatic rings. The fourth-order valence-corrected chi connectivity index (χ4v) is 3.42. The standard InChI is InChI=1S/C19H15BrO4/c1-2-22-17-7-12(20)3-4-14(17)16-8-13(21)5-11-6-18-19(9-15(11)16)24-10-23-18/h3-4,6-9H,2,5,10H2,1H3. The Balaban J connectivity index is 1.89. The van der Waals surface area contributed by atoms with E-state index in [9.17, 15) is 4.79 Å². The largest absolute Gasteiger partial charge is 0.493 e. The molecule has 5 heteroatoms. The van der Waals surface area contributed by atoms with E-state index in [1.165, 1.54) is 0 Å². The molecule has 0 fully saturated rings. The van der Waals surface area contributed by atoms with Gasteiger partial charge in [-0.1, -0.05) is 15.9 Å². The third-order valence-corrected chi connectivity index (χ3v) is 4.59. The Morgan fingerprint density at radius 2 is 1.92 bits per heavy atom. The number of hydrogen-bond acceptors (Lipinski definition) is 4. The normalized spacial score (nSPS) is 15.1. The molecule has 0 atom stereocenters. The van der Waals surface area contributed by atoms with Crippen molar-refractivity contribution < 1.29 is 19.0 Å². The lowest BCUT2D eigenvalue weighted by molar-refractivity contribution is -0.114. The molecule has 0 radical (unpaired) electrons. The SMILES string of the molecule is CCOc1cc(Br)ccc1C1=CC(=O)Cc2cc3c(cc21)OCO3. The second-order valence-corrected chi connectivity index (χ2v) is 6.55. The number of carbonyl (C=O) groups excluding carboxylic acids is 1. The molecule has 1 aliphatic carbocycles. The maximum atomic E-state index is 12.2. The van der Waals surface area contributed by atoms with Gasteiger partial charge in [-0.05, 0) is 60.0 Å². The summed E-state index contributed by atoms with van der Waals surface area (Å²) in [5, 5.41) is 0. The summed E-state index contributed by atoms with van der Waals surface area (Å²) in [4.78, 5) is 12.2. The Labute approximate surface area is 148 Å². The molecule has 24 heavy (non-hydrogen) atoms. The summed E-state index contributed by atoms with van der Waals surface area (Å²) in [7, 11) is 0. The van der Waals surface area contributed by atoms with E-state index in [1.807, 2.05) is 37.3 Å². The minimum Gasteiger partial charge on any atom is -0.493 e. The number of fused-ring (bicyclic) bond motifs is 2. The van der Waals surface area contributed by atoms with Crippen molar-refractivity contribution in [1.82, 2.24) is 0 Å². The highest BCUT2D eigenvalue weighted by molar-refractivity contribution is 9.10. The van der Waals surface area contributed by atoms with E-state index in [0.29, 0.717) is 24.5 Å². The lowest BCUT2D eigenvalue weighted by Crippen LogP contribution is -2.10. The zero-order valence-electron chi connectivity index (χ0n) is 13.1. The van der Waals surface area contributed by atoms with Crippen LogP contribution >= 0.6 is 15.9 Å². The van der Waals surface area contributed by atoms with E-state index in [2.05, 4.69) is 15.9 Å². The van der Waals surface area contributed by atoms with Gasteiger partial charge in [-0.25, -0.2) is 0 Å². The molecule has 2 aliphatic rings. The third-order valence-electron chi connectivity index (χ3n) is 4.09. The highest BCUT2D eigenvalue weighted by Crippen LogP contribution is 2.42. The van der Waals surface area contributed by atoms with Crippen molar-refractivity contribution in [1.29, 1.82) is 0 Å². The second-order valence-electron chi connectivity index (χ2n) is 5.64. The number of ketones is 1. The molecule has 0 N–H and O–H groups in total. The minimum absolute atomic E-state index is 0.0710. The molecular weight excluding hydrogens is 372 g/mol. The zero-order valence-corrected chi connectivity index (χ0v) is 14.7. The lowest BCUT2D eigenvalue weighted by atomic mass is 9.85. The van der Waals surface area contributed by atoms with Crippen LogP contribution in [-0.4, -0.2) is 19.2 Å². The number of halogens is 1. The Hall–Kier alpha value is -2.27. The predicted octanol–water partition coefficient (Wildman–Crippen LogP) is 4.13. The van der Waals surface area contributed by atoms with Crippen LogP contribution in [0.25, 0.3) is 5.57 Å². The topological polar surface area (TPSA) is 44.8 Å². The van der Waals surface area contributed by atoms with Gasteiger partial charge in [-0.3, -0.25) is 4.79 Å². The molecule has 1 aliphatic heterocycles. The number of ether oxygens (including phenoxy) is 3. The van der Waals surface area contributed by atoms with Crippen molar-refractivity contribution in [3.8, 4) is 17.2 Å². The van der Waals surface area contributed by atoms with Gasteiger partial charge in [0.05, 0.1) is 6.61 Å². The van der Waals surface area contributed by atoms with Crippen molar-refractivity contribution in [3.05, 3.63) is 57.6 Å². The molecule has 0 saturated carbocycles. The van der Waals surface area contributed by atoms with Crippen LogP contribution in [0.4, 0.5) is 0 Å². The average Bonchev–Trinajstić information content (AvgIpc) is 3.00. The lowest BCUT2D eigenvalue weighted by Gasteiger charge is -2.20. The molecular formula is C19H15BrO4.